The van der Waals surface area contributed by atoms with Gasteiger partial charge in [0.05, 0.1) is 16.1 Å². The second-order valence-electron chi connectivity index (χ2n) is 4.63. The number of carboxylic acids is 1. The highest BCUT2D eigenvalue weighted by molar-refractivity contribution is 6.42. The Morgan fingerprint density at radius 1 is 1.29 bits per heavy atom. The summed E-state index contributed by atoms with van der Waals surface area (Å²) in [6.45, 7) is 0.247. The molecule has 2 atom stereocenters. The Balaban J connectivity index is 1.77. The molecule has 2 unspecified atom stereocenters. The minimum atomic E-state index is -0.974. The zero-order valence-corrected chi connectivity index (χ0v) is 12.4. The van der Waals surface area contributed by atoms with Crippen molar-refractivity contribution in [2.24, 2.45) is 0 Å². The number of carboxylic acid groups (broad SMARTS) is 1. The Morgan fingerprint density at radius 2 is 2.05 bits per heavy atom. The SMILES string of the molecule is O=C(NCC1CCC(C(=O)O)O1)Nc1ccc(Cl)c(Cl)c1. The Bertz CT molecular complexity index is 553. The fraction of sp³-hybridized carbons (Fsp3) is 0.385. The van der Waals surface area contributed by atoms with Crippen molar-refractivity contribution in [1.29, 1.82) is 0 Å². The van der Waals surface area contributed by atoms with Crippen LogP contribution in [0.2, 0.25) is 10.0 Å². The van der Waals surface area contributed by atoms with Crippen molar-refractivity contribution in [3.05, 3.63) is 28.2 Å². The third kappa shape index (κ3) is 4.49. The van der Waals surface area contributed by atoms with Gasteiger partial charge in [-0.2, -0.15) is 0 Å². The van der Waals surface area contributed by atoms with Gasteiger partial charge < -0.3 is 20.5 Å². The number of benzene rings is 1. The van der Waals surface area contributed by atoms with Gasteiger partial charge in [-0.3, -0.25) is 0 Å². The molecule has 1 fully saturated rings. The monoisotopic (exact) mass is 332 g/mol. The van der Waals surface area contributed by atoms with Crippen LogP contribution in [0.25, 0.3) is 0 Å². The summed E-state index contributed by atoms with van der Waals surface area (Å²) in [6.07, 6.45) is -0.0132. The molecule has 0 saturated carbocycles. The van der Waals surface area contributed by atoms with Crippen molar-refractivity contribution in [1.82, 2.24) is 5.32 Å². The zero-order valence-electron chi connectivity index (χ0n) is 10.9. The van der Waals surface area contributed by atoms with Gasteiger partial charge in [0.25, 0.3) is 0 Å². The van der Waals surface area contributed by atoms with Gasteiger partial charge in [-0.15, -0.1) is 0 Å². The molecule has 1 saturated heterocycles. The van der Waals surface area contributed by atoms with E-state index in [2.05, 4.69) is 10.6 Å². The predicted octanol–water partition coefficient (Wildman–Crippen LogP) is 2.75. The molecule has 2 rings (SSSR count). The summed E-state index contributed by atoms with van der Waals surface area (Å²) in [7, 11) is 0. The van der Waals surface area contributed by atoms with E-state index >= 15 is 0 Å². The maximum Gasteiger partial charge on any atom is 0.332 e. The van der Waals surface area contributed by atoms with Crippen LogP contribution < -0.4 is 10.6 Å². The standard InChI is InChI=1S/C13H14Cl2N2O4/c14-9-3-1-7(5-10(9)15)17-13(20)16-6-8-2-4-11(21-8)12(18)19/h1,3,5,8,11H,2,4,6H2,(H,18,19)(H2,16,17,20). The van der Waals surface area contributed by atoms with Crippen LogP contribution in [0.15, 0.2) is 18.2 Å². The first-order chi connectivity index (χ1) is 9.95. The molecular weight excluding hydrogens is 319 g/mol. The van der Waals surface area contributed by atoms with Crippen LogP contribution in [0.1, 0.15) is 12.8 Å². The summed E-state index contributed by atoms with van der Waals surface area (Å²) in [5.41, 5.74) is 0.512. The first-order valence-electron chi connectivity index (χ1n) is 6.34. The van der Waals surface area contributed by atoms with Gasteiger partial charge in [-0.05, 0) is 31.0 Å². The molecule has 0 spiro atoms. The van der Waals surface area contributed by atoms with Crippen LogP contribution in [0.3, 0.4) is 0 Å². The van der Waals surface area contributed by atoms with E-state index in [0.717, 1.165) is 0 Å². The van der Waals surface area contributed by atoms with E-state index in [4.69, 9.17) is 33.0 Å². The molecular formula is C13H14Cl2N2O4. The summed E-state index contributed by atoms with van der Waals surface area (Å²) < 4.78 is 5.28. The number of aliphatic carboxylic acids is 1. The van der Waals surface area contributed by atoms with Crippen LogP contribution in [0, 0.1) is 0 Å². The first kappa shape index (κ1) is 15.9. The topological polar surface area (TPSA) is 87.7 Å². The van der Waals surface area contributed by atoms with Crippen LogP contribution >= 0.6 is 23.2 Å². The Morgan fingerprint density at radius 3 is 2.67 bits per heavy atom. The fourth-order valence-corrected chi connectivity index (χ4v) is 2.29. The summed E-state index contributed by atoms with van der Waals surface area (Å²) >= 11 is 11.6. The Kier molecular flexibility index (Phi) is 5.27. The highest BCUT2D eigenvalue weighted by atomic mass is 35.5. The molecule has 1 aromatic rings. The number of nitrogens with one attached hydrogen (secondary N) is 2. The third-order valence-electron chi connectivity index (χ3n) is 3.05. The van der Waals surface area contributed by atoms with Crippen LogP contribution in [0.5, 0.6) is 0 Å². The number of anilines is 1. The van der Waals surface area contributed by atoms with Gasteiger partial charge in [0.2, 0.25) is 0 Å². The summed E-state index contributed by atoms with van der Waals surface area (Å²) in [5.74, 6) is -0.974. The molecule has 3 N–H and O–H groups in total. The maximum atomic E-state index is 11.7. The van der Waals surface area contributed by atoms with Crippen molar-refractivity contribution in [2.75, 3.05) is 11.9 Å². The lowest BCUT2D eigenvalue weighted by Gasteiger charge is -2.13. The van der Waals surface area contributed by atoms with Crippen molar-refractivity contribution < 1.29 is 19.4 Å². The number of urea groups is 1. The lowest BCUT2D eigenvalue weighted by Crippen LogP contribution is -2.35. The minimum absolute atomic E-state index is 0.247. The molecule has 0 aromatic heterocycles. The second kappa shape index (κ2) is 6.98. The predicted molar refractivity (Wildman–Crippen MR) is 79.0 cm³/mol. The lowest BCUT2D eigenvalue weighted by atomic mass is 10.2. The van der Waals surface area contributed by atoms with Gasteiger partial charge >= 0.3 is 12.0 Å². The maximum absolute atomic E-state index is 11.7. The second-order valence-corrected chi connectivity index (χ2v) is 5.44. The fourth-order valence-electron chi connectivity index (χ4n) is 1.99. The van der Waals surface area contributed by atoms with E-state index < -0.39 is 18.1 Å². The number of hydrogen-bond donors (Lipinski definition) is 3. The van der Waals surface area contributed by atoms with Crippen molar-refractivity contribution in [3.8, 4) is 0 Å². The third-order valence-corrected chi connectivity index (χ3v) is 3.79. The largest absolute Gasteiger partial charge is 0.479 e. The van der Waals surface area contributed by atoms with Gasteiger partial charge in [0.1, 0.15) is 0 Å². The quantitative estimate of drug-likeness (QED) is 0.791. The average molecular weight is 333 g/mol. The number of halogens is 2. The molecule has 6 nitrogen and oxygen atoms in total. The number of carbonyl (C=O) groups excluding carboxylic acids is 1. The van der Waals surface area contributed by atoms with Gasteiger partial charge in [-0.25, -0.2) is 9.59 Å². The van der Waals surface area contributed by atoms with Gasteiger partial charge in [0, 0.05) is 12.2 Å². The van der Waals surface area contributed by atoms with Crippen LogP contribution in [-0.4, -0.2) is 35.9 Å². The molecule has 114 valence electrons. The molecule has 0 aliphatic carbocycles. The molecule has 1 heterocycles. The highest BCUT2D eigenvalue weighted by Crippen LogP contribution is 2.25. The smallest absolute Gasteiger partial charge is 0.332 e. The summed E-state index contributed by atoms with van der Waals surface area (Å²) in [4.78, 5) is 22.4. The number of hydrogen-bond acceptors (Lipinski definition) is 3. The Hall–Kier alpha value is -1.50. The molecule has 21 heavy (non-hydrogen) atoms. The normalized spacial score (nSPS) is 21.0. The minimum Gasteiger partial charge on any atom is -0.479 e. The van der Waals surface area contributed by atoms with Crippen molar-refractivity contribution in [3.63, 3.8) is 0 Å². The van der Waals surface area contributed by atoms with E-state index in [-0.39, 0.29) is 12.6 Å². The van der Waals surface area contributed by atoms with Gasteiger partial charge in [0.15, 0.2) is 6.10 Å². The van der Waals surface area contributed by atoms with Gasteiger partial charge in [-0.1, -0.05) is 23.2 Å². The van der Waals surface area contributed by atoms with E-state index in [9.17, 15) is 9.59 Å². The highest BCUT2D eigenvalue weighted by Gasteiger charge is 2.30. The van der Waals surface area contributed by atoms with Crippen LogP contribution in [0.4, 0.5) is 10.5 Å². The summed E-state index contributed by atoms with van der Waals surface area (Å²) in [5, 5.41) is 14.8. The molecule has 0 bridgehead atoms. The molecule has 1 aromatic carbocycles. The molecule has 1 aliphatic heterocycles. The van der Waals surface area contributed by atoms with E-state index in [1.54, 1.807) is 12.1 Å². The number of carbonyl (C=O) groups is 2. The van der Waals surface area contributed by atoms with Crippen molar-refractivity contribution in [2.45, 2.75) is 25.0 Å². The zero-order chi connectivity index (χ0) is 15.4. The number of rotatable bonds is 4. The average Bonchev–Trinajstić information content (AvgIpc) is 2.90. The van der Waals surface area contributed by atoms with E-state index in [0.29, 0.717) is 28.6 Å². The summed E-state index contributed by atoms with van der Waals surface area (Å²) in [6, 6.07) is 4.32. The van der Waals surface area contributed by atoms with Crippen LogP contribution in [-0.2, 0) is 9.53 Å². The number of amides is 2. The lowest BCUT2D eigenvalue weighted by molar-refractivity contribution is -0.149. The molecule has 2 amide bonds. The van der Waals surface area contributed by atoms with Crippen molar-refractivity contribution >= 4 is 40.9 Å². The first-order valence-corrected chi connectivity index (χ1v) is 7.09. The van der Waals surface area contributed by atoms with E-state index in [1.165, 1.54) is 6.07 Å². The molecule has 8 heteroatoms. The number of ether oxygens (including phenoxy) is 1. The Labute approximate surface area is 131 Å². The van der Waals surface area contributed by atoms with E-state index in [1.807, 2.05) is 0 Å². The molecule has 0 radical (unpaired) electrons. The molecule has 1 aliphatic rings.